The molecule has 0 amide bonds. The molecule has 3 nitrogen and oxygen atoms in total. The Morgan fingerprint density at radius 2 is 2.21 bits per heavy atom. The lowest BCUT2D eigenvalue weighted by molar-refractivity contribution is -0.155. The van der Waals surface area contributed by atoms with Gasteiger partial charge in [0.1, 0.15) is 0 Å². The maximum absolute atomic E-state index is 12.5. The number of nitrogens with zero attached hydrogens (tertiary/aromatic N) is 1. The van der Waals surface area contributed by atoms with Gasteiger partial charge < -0.3 is 4.98 Å². The summed E-state index contributed by atoms with van der Waals surface area (Å²) in [5.41, 5.74) is 0.718. The number of alkyl halides is 1. The van der Waals surface area contributed by atoms with Crippen molar-refractivity contribution < 1.29 is 4.39 Å². The molecule has 3 aliphatic rings. The second kappa shape index (κ2) is 2.24. The molecule has 2 bridgehead atoms. The Bertz CT molecular complexity index is 420. The first kappa shape index (κ1) is 8.15. The summed E-state index contributed by atoms with van der Waals surface area (Å²) in [6.45, 7) is -0.224. The van der Waals surface area contributed by atoms with Gasteiger partial charge in [0.15, 0.2) is 0 Å². The van der Waals surface area contributed by atoms with Crippen molar-refractivity contribution in [3.05, 3.63) is 28.4 Å². The third-order valence-corrected chi connectivity index (χ3v) is 3.65. The lowest BCUT2D eigenvalue weighted by Crippen LogP contribution is -2.66. The summed E-state index contributed by atoms with van der Waals surface area (Å²) in [4.78, 5) is 17.7. The van der Waals surface area contributed by atoms with Crippen LogP contribution in [0, 0.1) is 5.41 Å². The van der Waals surface area contributed by atoms with Crippen LogP contribution in [0.2, 0.25) is 0 Å². The van der Waals surface area contributed by atoms with Gasteiger partial charge in [0.25, 0.3) is 5.56 Å². The van der Waals surface area contributed by atoms with E-state index in [1.165, 1.54) is 6.33 Å². The van der Waals surface area contributed by atoms with Gasteiger partial charge in [-0.05, 0) is 19.3 Å². The van der Waals surface area contributed by atoms with Gasteiger partial charge in [-0.15, -0.1) is 0 Å². The molecule has 1 N–H and O–H groups in total. The zero-order valence-electron chi connectivity index (χ0n) is 7.72. The highest BCUT2D eigenvalue weighted by Gasteiger charge is 2.69. The van der Waals surface area contributed by atoms with Crippen LogP contribution in [0.5, 0.6) is 0 Å². The molecule has 0 saturated heterocycles. The van der Waals surface area contributed by atoms with Gasteiger partial charge in [0.05, 0.1) is 18.7 Å². The summed E-state index contributed by atoms with van der Waals surface area (Å²) in [6.07, 6.45) is 4.03. The number of hydrogen-bond acceptors (Lipinski definition) is 2. The standard InChI is InChI=1S/C10H11FN2O/c11-5-9-2-10(3-9,4-9)7-1-8(14)13-6-12-7/h1,6H,2-5H2,(H,12,13,14). The molecule has 74 valence electrons. The van der Waals surface area contributed by atoms with Gasteiger partial charge in [-0.2, -0.15) is 0 Å². The Hall–Kier alpha value is -1.19. The molecule has 3 aliphatic carbocycles. The fraction of sp³-hybridized carbons (Fsp3) is 0.600. The van der Waals surface area contributed by atoms with E-state index in [0.717, 1.165) is 25.0 Å². The van der Waals surface area contributed by atoms with E-state index in [1.807, 2.05) is 0 Å². The highest BCUT2D eigenvalue weighted by molar-refractivity contribution is 5.33. The molecule has 0 aromatic carbocycles. The maximum atomic E-state index is 12.5. The van der Waals surface area contributed by atoms with Crippen molar-refractivity contribution in [3.8, 4) is 0 Å². The Balaban J connectivity index is 1.90. The Morgan fingerprint density at radius 1 is 1.50 bits per heavy atom. The van der Waals surface area contributed by atoms with Gasteiger partial charge in [-0.3, -0.25) is 9.18 Å². The lowest BCUT2D eigenvalue weighted by atomic mass is 9.34. The smallest absolute Gasteiger partial charge is 0.250 e. The van der Waals surface area contributed by atoms with Crippen LogP contribution in [-0.2, 0) is 5.41 Å². The minimum absolute atomic E-state index is 0.0420. The summed E-state index contributed by atoms with van der Waals surface area (Å²) >= 11 is 0. The summed E-state index contributed by atoms with van der Waals surface area (Å²) in [6, 6.07) is 1.54. The Morgan fingerprint density at radius 3 is 2.79 bits per heavy atom. The topological polar surface area (TPSA) is 45.8 Å². The summed E-state index contributed by atoms with van der Waals surface area (Å²) < 4.78 is 12.5. The number of halogens is 1. The average molecular weight is 194 g/mol. The summed E-state index contributed by atoms with van der Waals surface area (Å²) in [5.74, 6) is 0. The first-order valence-corrected chi connectivity index (χ1v) is 4.79. The SMILES string of the molecule is O=c1cc(C23CC(CF)(C2)C3)nc[nH]1. The van der Waals surface area contributed by atoms with E-state index >= 15 is 0 Å². The van der Waals surface area contributed by atoms with Crippen molar-refractivity contribution in [1.29, 1.82) is 0 Å². The van der Waals surface area contributed by atoms with Crippen LogP contribution < -0.4 is 5.56 Å². The van der Waals surface area contributed by atoms with E-state index in [2.05, 4.69) is 9.97 Å². The Kier molecular flexibility index (Phi) is 1.30. The fourth-order valence-electron chi connectivity index (χ4n) is 3.07. The van der Waals surface area contributed by atoms with Crippen LogP contribution in [0.1, 0.15) is 25.0 Å². The number of H-pyrrole nitrogens is 1. The second-order valence-electron chi connectivity index (χ2n) is 4.74. The molecular weight excluding hydrogens is 183 g/mol. The van der Waals surface area contributed by atoms with Gasteiger partial charge in [0.2, 0.25) is 0 Å². The number of hydrogen-bond donors (Lipinski definition) is 1. The van der Waals surface area contributed by atoms with E-state index in [1.54, 1.807) is 6.07 Å². The fourth-order valence-corrected chi connectivity index (χ4v) is 3.07. The molecule has 3 saturated carbocycles. The molecule has 0 radical (unpaired) electrons. The molecular formula is C10H11FN2O. The zero-order chi connectivity index (χ0) is 9.81. The van der Waals surface area contributed by atoms with E-state index in [-0.39, 0.29) is 23.1 Å². The minimum Gasteiger partial charge on any atom is -0.313 e. The molecule has 1 aromatic rings. The van der Waals surface area contributed by atoms with Crippen molar-refractivity contribution >= 4 is 0 Å². The first-order valence-electron chi connectivity index (χ1n) is 4.79. The molecule has 14 heavy (non-hydrogen) atoms. The molecule has 0 atom stereocenters. The Labute approximate surface area is 80.4 Å². The van der Waals surface area contributed by atoms with Crippen molar-refractivity contribution in [3.63, 3.8) is 0 Å². The van der Waals surface area contributed by atoms with Crippen molar-refractivity contribution in [2.45, 2.75) is 24.7 Å². The highest BCUT2D eigenvalue weighted by atomic mass is 19.1. The quantitative estimate of drug-likeness (QED) is 0.767. The van der Waals surface area contributed by atoms with Gasteiger partial charge >= 0.3 is 0 Å². The highest BCUT2D eigenvalue weighted by Crippen LogP contribution is 2.73. The second-order valence-corrected chi connectivity index (χ2v) is 4.74. The molecule has 4 heteroatoms. The van der Waals surface area contributed by atoms with Crippen LogP contribution >= 0.6 is 0 Å². The normalized spacial score (nSPS) is 38.6. The third-order valence-electron chi connectivity index (χ3n) is 3.65. The van der Waals surface area contributed by atoms with Crippen LogP contribution in [0.25, 0.3) is 0 Å². The number of rotatable bonds is 2. The molecule has 0 unspecified atom stereocenters. The van der Waals surface area contributed by atoms with Gasteiger partial charge in [-0.1, -0.05) is 0 Å². The van der Waals surface area contributed by atoms with E-state index in [0.29, 0.717) is 0 Å². The van der Waals surface area contributed by atoms with E-state index in [4.69, 9.17) is 0 Å². The predicted molar refractivity (Wildman–Crippen MR) is 48.8 cm³/mol. The molecule has 0 aliphatic heterocycles. The number of aromatic amines is 1. The van der Waals surface area contributed by atoms with Gasteiger partial charge in [-0.25, -0.2) is 4.98 Å². The van der Waals surface area contributed by atoms with Crippen molar-refractivity contribution in [2.75, 3.05) is 6.67 Å². The molecule has 3 fully saturated rings. The molecule has 4 rings (SSSR count). The molecule has 1 heterocycles. The van der Waals surface area contributed by atoms with Gasteiger partial charge in [0, 0.05) is 16.9 Å². The maximum Gasteiger partial charge on any atom is 0.250 e. The van der Waals surface area contributed by atoms with Crippen LogP contribution in [0.4, 0.5) is 4.39 Å². The van der Waals surface area contributed by atoms with Crippen LogP contribution in [-0.4, -0.2) is 16.6 Å². The van der Waals surface area contributed by atoms with Crippen LogP contribution in [0.3, 0.4) is 0 Å². The summed E-state index contributed by atoms with van der Waals surface area (Å²) in [5, 5.41) is 0. The van der Waals surface area contributed by atoms with Crippen LogP contribution in [0.15, 0.2) is 17.2 Å². The summed E-state index contributed by atoms with van der Waals surface area (Å²) in [7, 11) is 0. The van der Waals surface area contributed by atoms with E-state index in [9.17, 15) is 9.18 Å². The lowest BCUT2D eigenvalue weighted by Gasteiger charge is -2.69. The predicted octanol–water partition coefficient (Wildman–Crippen LogP) is 1.16. The molecule has 0 spiro atoms. The third kappa shape index (κ3) is 0.811. The monoisotopic (exact) mass is 194 g/mol. The number of aromatic nitrogens is 2. The zero-order valence-corrected chi connectivity index (χ0v) is 7.72. The minimum atomic E-state index is -0.224. The van der Waals surface area contributed by atoms with Crippen molar-refractivity contribution in [2.24, 2.45) is 5.41 Å². The largest absolute Gasteiger partial charge is 0.313 e. The average Bonchev–Trinajstić information content (AvgIpc) is 2.00. The molecule has 1 aromatic heterocycles. The van der Waals surface area contributed by atoms with Crippen molar-refractivity contribution in [1.82, 2.24) is 9.97 Å². The van der Waals surface area contributed by atoms with E-state index < -0.39 is 0 Å². The first-order chi connectivity index (χ1) is 6.68. The number of nitrogens with one attached hydrogen (secondary N) is 1.